The molecular formula is C22H30N4O3+2. The number of amides is 1. The normalized spacial score (nSPS) is 19.0. The van der Waals surface area contributed by atoms with Crippen molar-refractivity contribution in [3.05, 3.63) is 68.8 Å². The molecule has 2 aromatic rings. The van der Waals surface area contributed by atoms with Gasteiger partial charge in [0.1, 0.15) is 38.4 Å². The molecule has 2 aromatic carbocycles. The second-order valence-corrected chi connectivity index (χ2v) is 8.10. The smallest absolute Gasteiger partial charge is 0.293 e. The quantitative estimate of drug-likeness (QED) is 0.488. The molecule has 0 unspecified atom stereocenters. The van der Waals surface area contributed by atoms with Crippen LogP contribution >= 0.6 is 0 Å². The number of rotatable bonds is 6. The standard InChI is InChI=1S/C22H28N4O3/c1-16-5-4-6-19(11-16)14-24-7-9-25(10-8-24)15-22(27)23-20-12-17(2)18(3)13-21(20)26(28)29/h4-6,11-13H,7-10,14-15H2,1-3H3,(H,23,27)/p+2. The van der Waals surface area contributed by atoms with Gasteiger partial charge in [-0.3, -0.25) is 14.9 Å². The summed E-state index contributed by atoms with van der Waals surface area (Å²) in [7, 11) is 0. The first-order valence-corrected chi connectivity index (χ1v) is 10.1. The predicted octanol–water partition coefficient (Wildman–Crippen LogP) is 0.442. The van der Waals surface area contributed by atoms with Crippen LogP contribution in [0.5, 0.6) is 0 Å². The summed E-state index contributed by atoms with van der Waals surface area (Å²) in [4.78, 5) is 26.1. The van der Waals surface area contributed by atoms with E-state index >= 15 is 0 Å². The Labute approximate surface area is 171 Å². The van der Waals surface area contributed by atoms with Crippen molar-refractivity contribution >= 4 is 17.3 Å². The van der Waals surface area contributed by atoms with E-state index in [4.69, 9.17) is 0 Å². The summed E-state index contributed by atoms with van der Waals surface area (Å²) in [5.74, 6) is -0.173. The molecule has 0 aromatic heterocycles. The summed E-state index contributed by atoms with van der Waals surface area (Å²) in [6.07, 6.45) is 0. The van der Waals surface area contributed by atoms with Gasteiger partial charge in [0.25, 0.3) is 11.6 Å². The Balaban J connectivity index is 1.52. The number of aryl methyl sites for hydroxylation is 3. The second-order valence-electron chi connectivity index (χ2n) is 8.10. The monoisotopic (exact) mass is 398 g/mol. The van der Waals surface area contributed by atoms with E-state index < -0.39 is 4.92 Å². The summed E-state index contributed by atoms with van der Waals surface area (Å²) in [6, 6.07) is 11.8. The molecule has 0 bridgehead atoms. The molecule has 0 radical (unpaired) electrons. The van der Waals surface area contributed by atoms with Crippen LogP contribution in [0.1, 0.15) is 22.3 Å². The van der Waals surface area contributed by atoms with Crippen molar-refractivity contribution in [2.24, 2.45) is 0 Å². The number of piperazine rings is 1. The molecule has 1 amide bonds. The van der Waals surface area contributed by atoms with Crippen molar-refractivity contribution < 1.29 is 19.5 Å². The molecule has 154 valence electrons. The molecule has 1 fully saturated rings. The Morgan fingerprint density at radius 3 is 2.34 bits per heavy atom. The van der Waals surface area contributed by atoms with Crippen LogP contribution in [0.25, 0.3) is 0 Å². The van der Waals surface area contributed by atoms with E-state index in [1.165, 1.54) is 27.0 Å². The third kappa shape index (κ3) is 5.62. The first kappa shape index (κ1) is 21.0. The van der Waals surface area contributed by atoms with E-state index in [-0.39, 0.29) is 17.3 Å². The number of nitro benzene ring substituents is 1. The fourth-order valence-electron chi connectivity index (χ4n) is 3.90. The van der Waals surface area contributed by atoms with Gasteiger partial charge in [0.2, 0.25) is 0 Å². The van der Waals surface area contributed by atoms with E-state index in [2.05, 4.69) is 36.5 Å². The first-order chi connectivity index (χ1) is 13.8. The Bertz CT molecular complexity index is 905. The number of carbonyl (C=O) groups is 1. The zero-order valence-electron chi connectivity index (χ0n) is 17.4. The minimum Gasteiger partial charge on any atom is -0.322 e. The van der Waals surface area contributed by atoms with Crippen LogP contribution in [-0.2, 0) is 11.3 Å². The molecule has 0 spiro atoms. The van der Waals surface area contributed by atoms with Crippen molar-refractivity contribution in [2.75, 3.05) is 38.0 Å². The summed E-state index contributed by atoms with van der Waals surface area (Å²) >= 11 is 0. The second kappa shape index (κ2) is 9.15. The summed E-state index contributed by atoms with van der Waals surface area (Å²) < 4.78 is 0. The molecule has 1 aliphatic heterocycles. The number of benzene rings is 2. The maximum atomic E-state index is 12.5. The average molecular weight is 399 g/mol. The Morgan fingerprint density at radius 1 is 1.03 bits per heavy atom. The SMILES string of the molecule is Cc1cccc(C[NH+]2CC[NH+](CC(=O)Nc3cc(C)c(C)cc3[N+](=O)[O-])CC2)c1. The highest BCUT2D eigenvalue weighted by molar-refractivity contribution is 5.94. The van der Waals surface area contributed by atoms with Crippen molar-refractivity contribution in [3.8, 4) is 0 Å². The van der Waals surface area contributed by atoms with Crippen LogP contribution in [0.3, 0.4) is 0 Å². The first-order valence-electron chi connectivity index (χ1n) is 10.1. The molecule has 1 heterocycles. The van der Waals surface area contributed by atoms with E-state index in [0.29, 0.717) is 6.54 Å². The molecule has 3 rings (SSSR count). The third-order valence-electron chi connectivity index (χ3n) is 5.69. The van der Waals surface area contributed by atoms with Crippen LogP contribution < -0.4 is 15.1 Å². The number of nitrogens with one attached hydrogen (secondary N) is 3. The Morgan fingerprint density at radius 2 is 1.69 bits per heavy atom. The molecule has 3 N–H and O–H groups in total. The fraction of sp³-hybridized carbons (Fsp3) is 0.409. The summed E-state index contributed by atoms with van der Waals surface area (Å²) in [5.41, 5.74) is 4.63. The molecule has 0 aliphatic carbocycles. The summed E-state index contributed by atoms with van der Waals surface area (Å²) in [6.45, 7) is 11.0. The lowest BCUT2D eigenvalue weighted by atomic mass is 10.1. The highest BCUT2D eigenvalue weighted by atomic mass is 16.6. The average Bonchev–Trinajstić information content (AvgIpc) is 2.66. The molecule has 7 nitrogen and oxygen atoms in total. The topological polar surface area (TPSA) is 81.1 Å². The lowest BCUT2D eigenvalue weighted by Crippen LogP contribution is -3.28. The van der Waals surface area contributed by atoms with E-state index in [1.54, 1.807) is 6.07 Å². The van der Waals surface area contributed by atoms with Crippen molar-refractivity contribution in [1.82, 2.24) is 0 Å². The molecule has 7 heteroatoms. The third-order valence-corrected chi connectivity index (χ3v) is 5.69. The van der Waals surface area contributed by atoms with Crippen molar-refractivity contribution in [1.29, 1.82) is 0 Å². The minimum atomic E-state index is -0.442. The molecule has 0 saturated carbocycles. The molecule has 0 atom stereocenters. The largest absolute Gasteiger partial charge is 0.322 e. The van der Waals surface area contributed by atoms with Crippen LogP contribution in [0.15, 0.2) is 36.4 Å². The number of carbonyl (C=O) groups excluding carboxylic acids is 1. The number of nitrogens with zero attached hydrogens (tertiary/aromatic N) is 1. The van der Waals surface area contributed by atoms with Gasteiger partial charge in [-0.05, 0) is 38.0 Å². The van der Waals surface area contributed by atoms with Crippen LogP contribution in [0, 0.1) is 30.9 Å². The van der Waals surface area contributed by atoms with Gasteiger partial charge in [-0.1, -0.05) is 29.8 Å². The van der Waals surface area contributed by atoms with Gasteiger partial charge in [-0.2, -0.15) is 0 Å². The molecule has 1 saturated heterocycles. The van der Waals surface area contributed by atoms with E-state index in [9.17, 15) is 14.9 Å². The fourth-order valence-corrected chi connectivity index (χ4v) is 3.90. The van der Waals surface area contributed by atoms with Gasteiger partial charge < -0.3 is 15.1 Å². The van der Waals surface area contributed by atoms with Gasteiger partial charge in [-0.25, -0.2) is 0 Å². The maximum absolute atomic E-state index is 12.5. The molecule has 1 aliphatic rings. The van der Waals surface area contributed by atoms with Gasteiger partial charge in [0, 0.05) is 11.6 Å². The molecular weight excluding hydrogens is 368 g/mol. The van der Waals surface area contributed by atoms with E-state index in [1.807, 2.05) is 13.8 Å². The van der Waals surface area contributed by atoms with E-state index in [0.717, 1.165) is 43.9 Å². The van der Waals surface area contributed by atoms with Crippen molar-refractivity contribution in [3.63, 3.8) is 0 Å². The van der Waals surface area contributed by atoms with Gasteiger partial charge in [-0.15, -0.1) is 0 Å². The van der Waals surface area contributed by atoms with Gasteiger partial charge >= 0.3 is 0 Å². The van der Waals surface area contributed by atoms with Gasteiger partial charge in [0.05, 0.1) is 4.92 Å². The predicted molar refractivity (Wildman–Crippen MR) is 112 cm³/mol. The highest BCUT2D eigenvalue weighted by Crippen LogP contribution is 2.27. The van der Waals surface area contributed by atoms with Crippen molar-refractivity contribution in [2.45, 2.75) is 27.3 Å². The highest BCUT2D eigenvalue weighted by Gasteiger charge is 2.26. The number of hydrogen-bond donors (Lipinski definition) is 3. The van der Waals surface area contributed by atoms with Crippen LogP contribution in [-0.4, -0.2) is 43.6 Å². The lowest BCUT2D eigenvalue weighted by Gasteiger charge is -2.29. The Kier molecular flexibility index (Phi) is 6.61. The van der Waals surface area contributed by atoms with Crippen LogP contribution in [0.2, 0.25) is 0 Å². The zero-order chi connectivity index (χ0) is 21.0. The van der Waals surface area contributed by atoms with Crippen LogP contribution in [0.4, 0.5) is 11.4 Å². The number of nitro groups is 1. The number of hydrogen-bond acceptors (Lipinski definition) is 3. The zero-order valence-corrected chi connectivity index (χ0v) is 17.4. The minimum absolute atomic E-state index is 0.0520. The van der Waals surface area contributed by atoms with Gasteiger partial charge in [0.15, 0.2) is 6.54 Å². The number of anilines is 1. The summed E-state index contributed by atoms with van der Waals surface area (Å²) in [5, 5.41) is 14.1. The molecule has 29 heavy (non-hydrogen) atoms. The maximum Gasteiger partial charge on any atom is 0.293 e. The Hall–Kier alpha value is -2.77. The number of quaternary nitrogens is 2. The lowest BCUT2D eigenvalue weighted by molar-refractivity contribution is -1.02.